The summed E-state index contributed by atoms with van der Waals surface area (Å²) in [7, 11) is 0. The summed E-state index contributed by atoms with van der Waals surface area (Å²) in [5.74, 6) is -1.71. The molecule has 0 aliphatic carbocycles. The van der Waals surface area contributed by atoms with Gasteiger partial charge in [0, 0.05) is 12.2 Å². The van der Waals surface area contributed by atoms with Crippen LogP contribution in [0.3, 0.4) is 0 Å². The van der Waals surface area contributed by atoms with Crippen molar-refractivity contribution in [1.82, 2.24) is 0 Å². The van der Waals surface area contributed by atoms with Crippen molar-refractivity contribution in [2.75, 3.05) is 6.61 Å². The van der Waals surface area contributed by atoms with E-state index in [2.05, 4.69) is 6.92 Å². The summed E-state index contributed by atoms with van der Waals surface area (Å²) in [6, 6.07) is 0. The summed E-state index contributed by atoms with van der Waals surface area (Å²) in [5, 5.41) is 8.37. The number of esters is 1. The van der Waals surface area contributed by atoms with Gasteiger partial charge in [0.05, 0.1) is 6.61 Å². The summed E-state index contributed by atoms with van der Waals surface area (Å²) in [6.07, 6.45) is 19.8. The molecule has 0 aromatic rings. The van der Waals surface area contributed by atoms with Gasteiger partial charge >= 0.3 is 63.3 Å². The number of hydrogen-bond donors (Lipinski definition) is 1. The summed E-state index contributed by atoms with van der Waals surface area (Å²) >= 11 is 0. The maximum absolute atomic E-state index is 11.1. The molecule has 0 radical (unpaired) electrons. The van der Waals surface area contributed by atoms with Gasteiger partial charge in [-0.2, -0.15) is 0 Å². The van der Waals surface area contributed by atoms with E-state index in [0.717, 1.165) is 25.0 Å². The number of carboxylic acid groups (broad SMARTS) is 1. The number of aliphatic carboxylic acids is 1. The SMILES string of the molecule is CCCCCCCCCCCCCCCCOC(=O)/C=C\C(=O)O.[KH]. The Hall–Kier alpha value is 0.316. The molecule has 0 rings (SSSR count). The Labute approximate surface area is 196 Å². The normalized spacial score (nSPS) is 10.6. The van der Waals surface area contributed by atoms with E-state index < -0.39 is 11.9 Å². The van der Waals surface area contributed by atoms with Crippen LogP contribution in [0.5, 0.6) is 0 Å². The standard InChI is InChI=1S/C20H36O4.K.H/c1-2-3-4-5-6-7-8-9-10-11-12-13-14-15-18-24-20(23)17-16-19(21)22;;/h16-17H,2-15,18H2,1H3,(H,21,22);;/b17-16-;;. The molecule has 0 spiro atoms. The molecule has 0 unspecified atom stereocenters. The molecule has 142 valence electrons. The van der Waals surface area contributed by atoms with E-state index in [0.29, 0.717) is 6.61 Å². The van der Waals surface area contributed by atoms with Gasteiger partial charge in [-0.05, 0) is 6.42 Å². The number of unbranched alkanes of at least 4 members (excludes halogenated alkanes) is 13. The summed E-state index contributed by atoms with van der Waals surface area (Å²) < 4.78 is 4.91. The van der Waals surface area contributed by atoms with Crippen LogP contribution in [-0.4, -0.2) is 75.0 Å². The zero-order valence-electron chi connectivity index (χ0n) is 15.4. The molecule has 0 saturated carbocycles. The molecule has 4 nitrogen and oxygen atoms in total. The van der Waals surface area contributed by atoms with E-state index in [-0.39, 0.29) is 51.4 Å². The number of carbonyl (C=O) groups is 2. The number of carboxylic acids is 1. The molecule has 0 fully saturated rings. The molecule has 1 N–H and O–H groups in total. The molecule has 0 saturated heterocycles. The molecule has 5 heteroatoms. The van der Waals surface area contributed by atoms with E-state index >= 15 is 0 Å². The number of carbonyl (C=O) groups excluding carboxylic acids is 1. The van der Waals surface area contributed by atoms with Crippen molar-refractivity contribution in [3.63, 3.8) is 0 Å². The van der Waals surface area contributed by atoms with Gasteiger partial charge in [-0.1, -0.05) is 90.4 Å². The zero-order valence-corrected chi connectivity index (χ0v) is 15.4. The van der Waals surface area contributed by atoms with Crippen molar-refractivity contribution >= 4 is 63.3 Å². The predicted molar refractivity (Wildman–Crippen MR) is 105 cm³/mol. The van der Waals surface area contributed by atoms with Gasteiger partial charge in [0.25, 0.3) is 0 Å². The summed E-state index contributed by atoms with van der Waals surface area (Å²) in [6.45, 7) is 2.63. The number of ether oxygens (including phenoxy) is 1. The molecular weight excluding hydrogens is 343 g/mol. The molecule has 0 atom stereocenters. The first-order valence-electron chi connectivity index (χ1n) is 9.74. The fourth-order valence-electron chi connectivity index (χ4n) is 2.66. The fraction of sp³-hybridized carbons (Fsp3) is 0.800. The second kappa shape index (κ2) is 22.4. The molecule has 0 aliphatic rings. The van der Waals surface area contributed by atoms with Crippen LogP contribution in [0.1, 0.15) is 96.8 Å². The van der Waals surface area contributed by atoms with Crippen LogP contribution in [0.2, 0.25) is 0 Å². The van der Waals surface area contributed by atoms with Crippen molar-refractivity contribution < 1.29 is 19.4 Å². The van der Waals surface area contributed by atoms with Crippen LogP contribution < -0.4 is 0 Å². The molecular formula is C20H37KO4. The van der Waals surface area contributed by atoms with Gasteiger partial charge in [0.2, 0.25) is 0 Å². The third-order valence-corrected chi connectivity index (χ3v) is 4.10. The third-order valence-electron chi connectivity index (χ3n) is 4.10. The molecule has 0 aromatic heterocycles. The molecule has 0 amide bonds. The Morgan fingerprint density at radius 2 is 1.12 bits per heavy atom. The molecule has 0 heterocycles. The summed E-state index contributed by atoms with van der Waals surface area (Å²) in [4.78, 5) is 21.3. The maximum atomic E-state index is 11.1. The Morgan fingerprint density at radius 3 is 1.52 bits per heavy atom. The quantitative estimate of drug-likeness (QED) is 0.167. The van der Waals surface area contributed by atoms with E-state index in [1.54, 1.807) is 0 Å². The van der Waals surface area contributed by atoms with Crippen LogP contribution in [0.4, 0.5) is 0 Å². The second-order valence-corrected chi connectivity index (χ2v) is 6.44. The van der Waals surface area contributed by atoms with Crippen LogP contribution >= 0.6 is 0 Å². The molecule has 25 heavy (non-hydrogen) atoms. The molecule has 0 bridgehead atoms. The molecule has 0 aliphatic heterocycles. The topological polar surface area (TPSA) is 63.6 Å². The van der Waals surface area contributed by atoms with Crippen molar-refractivity contribution in [3.05, 3.63) is 12.2 Å². The first-order chi connectivity index (χ1) is 11.7. The van der Waals surface area contributed by atoms with E-state index in [9.17, 15) is 9.59 Å². The number of hydrogen-bond acceptors (Lipinski definition) is 3. The molecule has 0 aromatic carbocycles. The van der Waals surface area contributed by atoms with Gasteiger partial charge < -0.3 is 9.84 Å². The van der Waals surface area contributed by atoms with Gasteiger partial charge in [0.1, 0.15) is 0 Å². The second-order valence-electron chi connectivity index (χ2n) is 6.44. The van der Waals surface area contributed by atoms with E-state index in [4.69, 9.17) is 9.84 Å². The van der Waals surface area contributed by atoms with E-state index in [1.807, 2.05) is 0 Å². The Kier molecular flexibility index (Phi) is 24.6. The van der Waals surface area contributed by atoms with Crippen molar-refractivity contribution in [2.45, 2.75) is 96.8 Å². The van der Waals surface area contributed by atoms with Gasteiger partial charge in [-0.25, -0.2) is 9.59 Å². The van der Waals surface area contributed by atoms with Crippen LogP contribution in [-0.2, 0) is 14.3 Å². The third kappa shape index (κ3) is 24.3. The monoisotopic (exact) mass is 380 g/mol. The predicted octanol–water partition coefficient (Wildman–Crippen LogP) is 5.00. The van der Waals surface area contributed by atoms with Crippen LogP contribution in [0.15, 0.2) is 12.2 Å². The Balaban J connectivity index is 0. The van der Waals surface area contributed by atoms with Crippen molar-refractivity contribution in [1.29, 1.82) is 0 Å². The first kappa shape index (κ1) is 27.5. The summed E-state index contributed by atoms with van der Waals surface area (Å²) in [5.41, 5.74) is 0. The van der Waals surface area contributed by atoms with Crippen molar-refractivity contribution in [2.24, 2.45) is 0 Å². The average Bonchev–Trinajstić information content (AvgIpc) is 2.56. The van der Waals surface area contributed by atoms with Gasteiger partial charge in [0.15, 0.2) is 0 Å². The zero-order chi connectivity index (χ0) is 17.9. The number of rotatable bonds is 17. The van der Waals surface area contributed by atoms with Crippen LogP contribution in [0, 0.1) is 0 Å². The van der Waals surface area contributed by atoms with Gasteiger partial charge in [-0.15, -0.1) is 0 Å². The Morgan fingerprint density at radius 1 is 0.720 bits per heavy atom. The first-order valence-corrected chi connectivity index (χ1v) is 9.74. The van der Waals surface area contributed by atoms with Crippen LogP contribution in [0.25, 0.3) is 0 Å². The fourth-order valence-corrected chi connectivity index (χ4v) is 2.66. The Bertz CT molecular complexity index is 343. The van der Waals surface area contributed by atoms with E-state index in [1.165, 1.54) is 77.0 Å². The van der Waals surface area contributed by atoms with Crippen molar-refractivity contribution in [3.8, 4) is 0 Å². The van der Waals surface area contributed by atoms with Gasteiger partial charge in [-0.3, -0.25) is 0 Å². The minimum atomic E-state index is -1.14. The minimum absolute atomic E-state index is 0. The average molecular weight is 381 g/mol.